The fraction of sp³-hybridized carbons (Fsp3) is 0.538. The smallest absolute Gasteiger partial charge is 0.218 e. The molecule has 1 heterocycles. The Labute approximate surface area is 130 Å². The van der Waals surface area contributed by atoms with Crippen LogP contribution in [0.2, 0.25) is 10.0 Å². The Kier molecular flexibility index (Phi) is 5.31. The van der Waals surface area contributed by atoms with Crippen LogP contribution in [-0.2, 0) is 15.8 Å². The number of hydrogen-bond donors (Lipinski definition) is 1. The summed E-state index contributed by atoms with van der Waals surface area (Å²) in [6.07, 6.45) is 0.904. The standard InChI is InChI=1S/C13H18Cl2N2O2S/c1-16-7-11-4-5-17(8-11)20(18,19)9-10-2-3-12(14)13(15)6-10/h2-3,6,11,16H,4-5,7-9H2,1H3. The molecule has 1 aromatic carbocycles. The first-order valence-corrected chi connectivity index (χ1v) is 8.85. The summed E-state index contributed by atoms with van der Waals surface area (Å²) < 4.78 is 26.3. The van der Waals surface area contributed by atoms with Gasteiger partial charge in [0.2, 0.25) is 10.0 Å². The molecule has 1 atom stereocenters. The van der Waals surface area contributed by atoms with Crippen LogP contribution in [-0.4, -0.2) is 39.4 Å². The van der Waals surface area contributed by atoms with E-state index >= 15 is 0 Å². The molecule has 0 aliphatic carbocycles. The molecule has 0 aromatic heterocycles. The number of hydrogen-bond acceptors (Lipinski definition) is 3. The van der Waals surface area contributed by atoms with Gasteiger partial charge >= 0.3 is 0 Å². The molecule has 1 aliphatic rings. The molecule has 7 heteroatoms. The fourth-order valence-electron chi connectivity index (χ4n) is 2.44. The van der Waals surface area contributed by atoms with Crippen molar-refractivity contribution in [2.75, 3.05) is 26.7 Å². The molecule has 0 spiro atoms. The van der Waals surface area contributed by atoms with E-state index in [-0.39, 0.29) is 5.75 Å². The maximum atomic E-state index is 12.4. The summed E-state index contributed by atoms with van der Waals surface area (Å²) in [6.45, 7) is 2.03. The van der Waals surface area contributed by atoms with Gasteiger partial charge in [0.25, 0.3) is 0 Å². The van der Waals surface area contributed by atoms with Crippen molar-refractivity contribution < 1.29 is 8.42 Å². The number of nitrogens with zero attached hydrogens (tertiary/aromatic N) is 1. The Morgan fingerprint density at radius 1 is 1.35 bits per heavy atom. The lowest BCUT2D eigenvalue weighted by atomic mass is 10.1. The number of sulfonamides is 1. The predicted molar refractivity (Wildman–Crippen MR) is 82.7 cm³/mol. The average Bonchev–Trinajstić information content (AvgIpc) is 2.83. The molecule has 2 rings (SSSR count). The number of nitrogens with one attached hydrogen (secondary N) is 1. The van der Waals surface area contributed by atoms with Gasteiger partial charge in [0.05, 0.1) is 15.8 Å². The van der Waals surface area contributed by atoms with Crippen molar-refractivity contribution >= 4 is 33.2 Å². The van der Waals surface area contributed by atoms with E-state index in [0.717, 1.165) is 13.0 Å². The van der Waals surface area contributed by atoms with E-state index in [4.69, 9.17) is 23.2 Å². The highest BCUT2D eigenvalue weighted by Gasteiger charge is 2.30. The van der Waals surface area contributed by atoms with Crippen LogP contribution in [0.1, 0.15) is 12.0 Å². The van der Waals surface area contributed by atoms with Gasteiger partial charge in [0, 0.05) is 13.1 Å². The average molecular weight is 337 g/mol. The number of rotatable bonds is 5. The molecule has 4 nitrogen and oxygen atoms in total. The van der Waals surface area contributed by atoms with Gasteiger partial charge in [-0.2, -0.15) is 0 Å². The second-order valence-electron chi connectivity index (χ2n) is 5.08. The molecular weight excluding hydrogens is 319 g/mol. The highest BCUT2D eigenvalue weighted by Crippen LogP contribution is 2.25. The summed E-state index contributed by atoms with van der Waals surface area (Å²) in [5.74, 6) is 0.361. The molecule has 0 radical (unpaired) electrons. The zero-order chi connectivity index (χ0) is 14.8. The van der Waals surface area contributed by atoms with Gasteiger partial charge in [-0.1, -0.05) is 29.3 Å². The van der Waals surface area contributed by atoms with E-state index < -0.39 is 10.0 Å². The van der Waals surface area contributed by atoms with E-state index in [9.17, 15) is 8.42 Å². The fourth-order valence-corrected chi connectivity index (χ4v) is 4.36. The van der Waals surface area contributed by atoms with Crippen LogP contribution < -0.4 is 5.32 Å². The monoisotopic (exact) mass is 336 g/mol. The molecule has 1 aromatic rings. The van der Waals surface area contributed by atoms with Gasteiger partial charge in [-0.25, -0.2) is 12.7 Å². The van der Waals surface area contributed by atoms with Crippen molar-refractivity contribution in [3.63, 3.8) is 0 Å². The zero-order valence-electron chi connectivity index (χ0n) is 11.3. The van der Waals surface area contributed by atoms with Crippen molar-refractivity contribution in [2.24, 2.45) is 5.92 Å². The molecule has 0 bridgehead atoms. The molecule has 1 saturated heterocycles. The lowest BCUT2D eigenvalue weighted by Gasteiger charge is -2.17. The van der Waals surface area contributed by atoms with Crippen molar-refractivity contribution in [3.05, 3.63) is 33.8 Å². The van der Waals surface area contributed by atoms with Gasteiger partial charge in [-0.05, 0) is 43.6 Å². The van der Waals surface area contributed by atoms with Gasteiger partial charge in [-0.15, -0.1) is 0 Å². The molecule has 0 saturated carbocycles. The van der Waals surface area contributed by atoms with Crippen LogP contribution in [0.5, 0.6) is 0 Å². The third kappa shape index (κ3) is 3.86. The molecule has 1 fully saturated rings. The van der Waals surface area contributed by atoms with Crippen LogP contribution in [0, 0.1) is 5.92 Å². The van der Waals surface area contributed by atoms with Crippen LogP contribution in [0.3, 0.4) is 0 Å². The molecular formula is C13H18Cl2N2O2S. The maximum absolute atomic E-state index is 12.4. The lowest BCUT2D eigenvalue weighted by molar-refractivity contribution is 0.450. The van der Waals surface area contributed by atoms with Gasteiger partial charge < -0.3 is 5.32 Å². The van der Waals surface area contributed by atoms with Crippen molar-refractivity contribution in [3.8, 4) is 0 Å². The van der Waals surface area contributed by atoms with Crippen molar-refractivity contribution in [2.45, 2.75) is 12.2 Å². The molecule has 1 aliphatic heterocycles. The summed E-state index contributed by atoms with van der Waals surface area (Å²) in [7, 11) is -1.41. The zero-order valence-corrected chi connectivity index (χ0v) is 13.6. The van der Waals surface area contributed by atoms with Crippen LogP contribution >= 0.6 is 23.2 Å². The predicted octanol–water partition coefficient (Wildman–Crippen LogP) is 2.36. The number of halogens is 2. The lowest BCUT2D eigenvalue weighted by Crippen LogP contribution is -2.31. The number of benzene rings is 1. The minimum Gasteiger partial charge on any atom is -0.319 e. The SMILES string of the molecule is CNCC1CCN(S(=O)(=O)Cc2ccc(Cl)c(Cl)c2)C1. The minimum atomic E-state index is -3.29. The van der Waals surface area contributed by atoms with E-state index in [1.54, 1.807) is 22.5 Å². The van der Waals surface area contributed by atoms with E-state index in [1.165, 1.54) is 0 Å². The van der Waals surface area contributed by atoms with Gasteiger partial charge in [-0.3, -0.25) is 0 Å². The van der Waals surface area contributed by atoms with E-state index in [2.05, 4.69) is 5.32 Å². The summed E-state index contributed by atoms with van der Waals surface area (Å²) in [5, 5.41) is 3.91. The summed E-state index contributed by atoms with van der Waals surface area (Å²) in [5.41, 5.74) is 0.663. The molecule has 112 valence electrons. The third-order valence-corrected chi connectivity index (χ3v) is 6.02. The second kappa shape index (κ2) is 6.62. The Hall–Kier alpha value is -0.330. The van der Waals surface area contributed by atoms with Gasteiger partial charge in [0.15, 0.2) is 0 Å². The van der Waals surface area contributed by atoms with Crippen LogP contribution in [0.25, 0.3) is 0 Å². The van der Waals surface area contributed by atoms with Crippen LogP contribution in [0.4, 0.5) is 0 Å². The maximum Gasteiger partial charge on any atom is 0.218 e. The molecule has 0 amide bonds. The largest absolute Gasteiger partial charge is 0.319 e. The summed E-state index contributed by atoms with van der Waals surface area (Å²) in [6, 6.07) is 4.94. The first-order valence-electron chi connectivity index (χ1n) is 6.48. The Balaban J connectivity index is 2.06. The Morgan fingerprint density at radius 3 is 2.75 bits per heavy atom. The van der Waals surface area contributed by atoms with Gasteiger partial charge in [0.1, 0.15) is 0 Å². The topological polar surface area (TPSA) is 49.4 Å². The third-order valence-electron chi connectivity index (χ3n) is 3.47. The van der Waals surface area contributed by atoms with Crippen LogP contribution in [0.15, 0.2) is 18.2 Å². The summed E-state index contributed by atoms with van der Waals surface area (Å²) in [4.78, 5) is 0. The van der Waals surface area contributed by atoms with E-state index in [1.807, 2.05) is 7.05 Å². The molecule has 1 N–H and O–H groups in total. The molecule has 20 heavy (non-hydrogen) atoms. The first-order chi connectivity index (χ1) is 9.42. The Bertz CT molecular complexity index is 578. The van der Waals surface area contributed by atoms with E-state index in [0.29, 0.717) is 34.6 Å². The Morgan fingerprint density at radius 2 is 2.10 bits per heavy atom. The van der Waals surface area contributed by atoms with Crippen molar-refractivity contribution in [1.29, 1.82) is 0 Å². The first kappa shape index (κ1) is 16.0. The molecule has 1 unspecified atom stereocenters. The quantitative estimate of drug-likeness (QED) is 0.897. The minimum absolute atomic E-state index is 0.0316. The highest BCUT2D eigenvalue weighted by molar-refractivity contribution is 7.88. The van der Waals surface area contributed by atoms with Crippen molar-refractivity contribution in [1.82, 2.24) is 9.62 Å². The normalized spacial score (nSPS) is 20.4. The summed E-state index contributed by atoms with van der Waals surface area (Å²) >= 11 is 11.8. The highest BCUT2D eigenvalue weighted by atomic mass is 35.5. The second-order valence-corrected chi connectivity index (χ2v) is 7.86.